The summed E-state index contributed by atoms with van der Waals surface area (Å²) in [5.74, 6) is 0.803. The van der Waals surface area contributed by atoms with E-state index in [2.05, 4.69) is 9.97 Å². The Kier molecular flexibility index (Phi) is 3.23. The number of benzene rings is 1. The maximum atomic E-state index is 5.19. The number of hydrogen-bond donors (Lipinski definition) is 0. The molecular formula is C13H14N2O2. The van der Waals surface area contributed by atoms with Gasteiger partial charge >= 0.3 is 6.01 Å². The molecule has 0 spiro atoms. The Morgan fingerprint density at radius 2 is 1.82 bits per heavy atom. The van der Waals surface area contributed by atoms with E-state index < -0.39 is 0 Å². The minimum atomic E-state index is 0.378. The van der Waals surface area contributed by atoms with Gasteiger partial charge < -0.3 is 9.47 Å². The van der Waals surface area contributed by atoms with Crippen molar-refractivity contribution in [2.24, 2.45) is 0 Å². The maximum Gasteiger partial charge on any atom is 0.316 e. The van der Waals surface area contributed by atoms with Gasteiger partial charge in [-0.25, -0.2) is 4.98 Å². The van der Waals surface area contributed by atoms with E-state index in [0.29, 0.717) is 6.01 Å². The molecule has 2 rings (SSSR count). The number of nitrogens with zero attached hydrogens (tertiary/aromatic N) is 2. The number of aryl methyl sites for hydroxylation is 1. The lowest BCUT2D eigenvalue weighted by molar-refractivity contribution is 0.379. The molecule has 0 atom stereocenters. The van der Waals surface area contributed by atoms with Crippen LogP contribution >= 0.6 is 0 Å². The van der Waals surface area contributed by atoms with Gasteiger partial charge in [0.15, 0.2) is 0 Å². The minimum absolute atomic E-state index is 0.378. The Labute approximate surface area is 100 Å². The van der Waals surface area contributed by atoms with Crippen LogP contribution in [0, 0.1) is 6.92 Å². The fraction of sp³-hybridized carbons (Fsp3) is 0.231. The third-order valence-corrected chi connectivity index (χ3v) is 2.38. The predicted octanol–water partition coefficient (Wildman–Crippen LogP) is 2.47. The van der Waals surface area contributed by atoms with Gasteiger partial charge in [-0.2, -0.15) is 4.98 Å². The van der Waals surface area contributed by atoms with Crippen molar-refractivity contribution >= 4 is 0 Å². The maximum absolute atomic E-state index is 5.19. The molecule has 1 aromatic heterocycles. The predicted molar refractivity (Wildman–Crippen MR) is 65.3 cm³/mol. The highest BCUT2D eigenvalue weighted by Crippen LogP contribution is 2.23. The van der Waals surface area contributed by atoms with Gasteiger partial charge in [0, 0.05) is 11.3 Å². The van der Waals surface area contributed by atoms with Crippen LogP contribution in [0.5, 0.6) is 11.8 Å². The van der Waals surface area contributed by atoms with Crippen LogP contribution in [0.25, 0.3) is 11.3 Å². The zero-order valence-corrected chi connectivity index (χ0v) is 10.1. The molecule has 4 nitrogen and oxygen atoms in total. The van der Waals surface area contributed by atoms with Gasteiger partial charge in [0.05, 0.1) is 19.9 Å². The summed E-state index contributed by atoms with van der Waals surface area (Å²) in [6.45, 7) is 1.91. The monoisotopic (exact) mass is 230 g/mol. The van der Waals surface area contributed by atoms with Crippen molar-refractivity contribution in [3.05, 3.63) is 36.0 Å². The van der Waals surface area contributed by atoms with Gasteiger partial charge in [0.25, 0.3) is 0 Å². The Bertz CT molecular complexity index is 527. The molecule has 0 fully saturated rings. The van der Waals surface area contributed by atoms with Crippen LogP contribution in [0.2, 0.25) is 0 Å². The van der Waals surface area contributed by atoms with Crippen molar-refractivity contribution in [3.8, 4) is 23.0 Å². The van der Waals surface area contributed by atoms with Crippen molar-refractivity contribution in [2.45, 2.75) is 6.92 Å². The van der Waals surface area contributed by atoms with E-state index in [4.69, 9.17) is 9.47 Å². The summed E-state index contributed by atoms with van der Waals surface area (Å²) in [5, 5.41) is 0. The van der Waals surface area contributed by atoms with Gasteiger partial charge in [-0.05, 0) is 25.1 Å². The number of rotatable bonds is 3. The second-order valence-corrected chi connectivity index (χ2v) is 3.61. The SMILES string of the molecule is COc1cccc(-c2cc(C)nc(OC)n2)c1. The first-order valence-corrected chi connectivity index (χ1v) is 5.27. The molecule has 88 valence electrons. The number of aromatic nitrogens is 2. The van der Waals surface area contributed by atoms with Crippen molar-refractivity contribution < 1.29 is 9.47 Å². The van der Waals surface area contributed by atoms with Crippen molar-refractivity contribution in [3.63, 3.8) is 0 Å². The highest BCUT2D eigenvalue weighted by atomic mass is 16.5. The standard InChI is InChI=1S/C13H14N2O2/c1-9-7-12(15-13(14-9)17-3)10-5-4-6-11(8-10)16-2/h4-8H,1-3H3. The molecule has 0 aliphatic heterocycles. The van der Waals surface area contributed by atoms with Crippen molar-refractivity contribution in [2.75, 3.05) is 14.2 Å². The lowest BCUT2D eigenvalue weighted by Crippen LogP contribution is -1.96. The second kappa shape index (κ2) is 4.82. The van der Waals surface area contributed by atoms with Gasteiger partial charge in [-0.1, -0.05) is 12.1 Å². The molecule has 0 amide bonds. The van der Waals surface area contributed by atoms with Crippen molar-refractivity contribution in [1.29, 1.82) is 0 Å². The van der Waals surface area contributed by atoms with Crippen LogP contribution < -0.4 is 9.47 Å². The lowest BCUT2D eigenvalue weighted by atomic mass is 10.1. The van der Waals surface area contributed by atoms with E-state index in [-0.39, 0.29) is 0 Å². The van der Waals surface area contributed by atoms with Crippen LogP contribution in [0.1, 0.15) is 5.69 Å². The molecule has 0 saturated heterocycles. The Balaban J connectivity index is 2.47. The molecule has 0 aliphatic rings. The van der Waals surface area contributed by atoms with Crippen molar-refractivity contribution in [1.82, 2.24) is 9.97 Å². The van der Waals surface area contributed by atoms with E-state index in [1.165, 1.54) is 0 Å². The summed E-state index contributed by atoms with van der Waals surface area (Å²) in [5.41, 5.74) is 2.68. The molecule has 0 bridgehead atoms. The van der Waals surface area contributed by atoms with E-state index in [0.717, 1.165) is 22.7 Å². The number of methoxy groups -OCH3 is 2. The molecule has 17 heavy (non-hydrogen) atoms. The Morgan fingerprint density at radius 3 is 2.53 bits per heavy atom. The van der Waals surface area contributed by atoms with E-state index >= 15 is 0 Å². The molecular weight excluding hydrogens is 216 g/mol. The van der Waals surface area contributed by atoms with Crippen LogP contribution in [0.4, 0.5) is 0 Å². The number of hydrogen-bond acceptors (Lipinski definition) is 4. The third-order valence-electron chi connectivity index (χ3n) is 2.38. The molecule has 4 heteroatoms. The molecule has 0 N–H and O–H groups in total. The summed E-state index contributed by atoms with van der Waals surface area (Å²) < 4.78 is 10.2. The summed E-state index contributed by atoms with van der Waals surface area (Å²) in [4.78, 5) is 8.46. The first-order chi connectivity index (χ1) is 8.22. The fourth-order valence-electron chi connectivity index (χ4n) is 1.56. The van der Waals surface area contributed by atoms with Crippen LogP contribution in [0.3, 0.4) is 0 Å². The fourth-order valence-corrected chi connectivity index (χ4v) is 1.56. The van der Waals surface area contributed by atoms with E-state index in [1.54, 1.807) is 14.2 Å². The first kappa shape index (κ1) is 11.4. The molecule has 0 radical (unpaired) electrons. The topological polar surface area (TPSA) is 44.2 Å². The lowest BCUT2D eigenvalue weighted by Gasteiger charge is -2.06. The molecule has 0 saturated carbocycles. The molecule has 0 aliphatic carbocycles. The number of ether oxygens (including phenoxy) is 2. The zero-order chi connectivity index (χ0) is 12.3. The summed E-state index contributed by atoms with van der Waals surface area (Å²) in [7, 11) is 3.20. The summed E-state index contributed by atoms with van der Waals surface area (Å²) in [6.07, 6.45) is 0. The highest BCUT2D eigenvalue weighted by molar-refractivity contribution is 5.61. The van der Waals surface area contributed by atoms with Crippen LogP contribution in [-0.2, 0) is 0 Å². The normalized spacial score (nSPS) is 10.1. The second-order valence-electron chi connectivity index (χ2n) is 3.61. The average Bonchev–Trinajstić information content (AvgIpc) is 2.38. The van der Waals surface area contributed by atoms with Gasteiger partial charge in [-0.3, -0.25) is 0 Å². The van der Waals surface area contributed by atoms with E-state index in [1.807, 2.05) is 37.3 Å². The molecule has 0 unspecified atom stereocenters. The molecule has 1 aromatic carbocycles. The quantitative estimate of drug-likeness (QED) is 0.812. The summed E-state index contributed by atoms with van der Waals surface area (Å²) >= 11 is 0. The molecule has 1 heterocycles. The Morgan fingerprint density at radius 1 is 1.00 bits per heavy atom. The largest absolute Gasteiger partial charge is 0.497 e. The van der Waals surface area contributed by atoms with E-state index in [9.17, 15) is 0 Å². The highest BCUT2D eigenvalue weighted by Gasteiger charge is 2.05. The average molecular weight is 230 g/mol. The van der Waals surface area contributed by atoms with Crippen LogP contribution in [-0.4, -0.2) is 24.2 Å². The van der Waals surface area contributed by atoms with Gasteiger partial charge in [-0.15, -0.1) is 0 Å². The van der Waals surface area contributed by atoms with Crippen LogP contribution in [0.15, 0.2) is 30.3 Å². The smallest absolute Gasteiger partial charge is 0.316 e. The van der Waals surface area contributed by atoms with Gasteiger partial charge in [0.2, 0.25) is 0 Å². The first-order valence-electron chi connectivity index (χ1n) is 5.27. The molecule has 2 aromatic rings. The van der Waals surface area contributed by atoms with Gasteiger partial charge in [0.1, 0.15) is 5.75 Å². The summed E-state index contributed by atoms with van der Waals surface area (Å²) in [6, 6.07) is 10.0. The Hall–Kier alpha value is -2.10. The minimum Gasteiger partial charge on any atom is -0.497 e. The zero-order valence-electron chi connectivity index (χ0n) is 10.1. The third kappa shape index (κ3) is 2.53.